The molecule has 0 radical (unpaired) electrons. The second kappa shape index (κ2) is 6.14. The van der Waals surface area contributed by atoms with Gasteiger partial charge in [-0.15, -0.1) is 0 Å². The summed E-state index contributed by atoms with van der Waals surface area (Å²) in [6, 6.07) is 5.48. The number of nitro groups is 1. The summed E-state index contributed by atoms with van der Waals surface area (Å²) in [4.78, 5) is 25.6. The Balaban J connectivity index is 2.35. The highest BCUT2D eigenvalue weighted by Crippen LogP contribution is 2.31. The fraction of sp³-hybridized carbons (Fsp3) is 0.231. The average molecular weight is 290 g/mol. The summed E-state index contributed by atoms with van der Waals surface area (Å²) in [5.74, 6) is -0.132. The Bertz CT molecular complexity index is 689. The monoisotopic (exact) mass is 290 g/mol. The Morgan fingerprint density at radius 1 is 1.52 bits per heavy atom. The molecule has 0 aliphatic carbocycles. The molecule has 0 spiro atoms. The number of hydrogen-bond acceptors (Lipinski definition) is 6. The number of likely N-dealkylation sites (N-methyl/N-ethyl adjacent to an activating group) is 1. The Morgan fingerprint density at radius 2 is 2.29 bits per heavy atom. The number of carbonyl (C=O) groups excluding carboxylic acids is 1. The van der Waals surface area contributed by atoms with Gasteiger partial charge in [0.05, 0.1) is 4.92 Å². The van der Waals surface area contributed by atoms with E-state index in [-0.39, 0.29) is 17.8 Å². The Labute approximate surface area is 120 Å². The molecule has 1 heterocycles. The number of carbonyl (C=O) groups is 1. The number of non-ortho nitro benzene ring substituents is 1. The topological polar surface area (TPSA) is 120 Å². The molecule has 2 aromatic rings. The van der Waals surface area contributed by atoms with Crippen molar-refractivity contribution in [1.82, 2.24) is 10.3 Å². The largest absolute Gasteiger partial charge is 0.491 e. The highest BCUT2D eigenvalue weighted by atomic mass is 16.6. The molecule has 1 aromatic heterocycles. The second-order valence-corrected chi connectivity index (χ2v) is 4.29. The average Bonchev–Trinajstić information content (AvgIpc) is 2.47. The zero-order valence-electron chi connectivity index (χ0n) is 11.3. The predicted molar refractivity (Wildman–Crippen MR) is 75.9 cm³/mol. The van der Waals surface area contributed by atoms with Crippen molar-refractivity contribution in [3.63, 3.8) is 0 Å². The van der Waals surface area contributed by atoms with Crippen LogP contribution in [0.2, 0.25) is 0 Å². The molecule has 1 unspecified atom stereocenters. The molecule has 0 bridgehead atoms. The van der Waals surface area contributed by atoms with E-state index >= 15 is 0 Å². The molecule has 0 aliphatic rings. The van der Waals surface area contributed by atoms with E-state index in [1.54, 1.807) is 19.2 Å². The lowest BCUT2D eigenvalue weighted by atomic mass is 10.1. The van der Waals surface area contributed by atoms with Gasteiger partial charge in [0.2, 0.25) is 5.91 Å². The zero-order chi connectivity index (χ0) is 15.4. The lowest BCUT2D eigenvalue weighted by molar-refractivity contribution is -0.383. The molecule has 8 nitrogen and oxygen atoms in total. The maximum absolute atomic E-state index is 11.1. The van der Waals surface area contributed by atoms with Crippen LogP contribution in [0.3, 0.4) is 0 Å². The standard InChI is InChI=1S/C13H14N4O4/c1-15-9(13(14)18)7-21-11-5-4-10(17(19)20)12-8(11)3-2-6-16-12/h2-6,9,15H,7H2,1H3,(H2,14,18). The summed E-state index contributed by atoms with van der Waals surface area (Å²) in [6.45, 7) is 0.0215. The molecule has 0 saturated carbocycles. The third-order valence-corrected chi connectivity index (χ3v) is 3.00. The highest BCUT2D eigenvalue weighted by Gasteiger charge is 2.18. The fourth-order valence-electron chi connectivity index (χ4n) is 1.89. The molecule has 8 heteroatoms. The number of ether oxygens (including phenoxy) is 1. The van der Waals surface area contributed by atoms with Crippen molar-refractivity contribution in [3.05, 3.63) is 40.6 Å². The lowest BCUT2D eigenvalue weighted by Crippen LogP contribution is -2.43. The van der Waals surface area contributed by atoms with E-state index in [9.17, 15) is 14.9 Å². The number of nitrogens with two attached hydrogens (primary N) is 1. The number of primary amides is 1. The molecule has 110 valence electrons. The number of nitrogens with zero attached hydrogens (tertiary/aromatic N) is 2. The third-order valence-electron chi connectivity index (χ3n) is 3.00. The molecular formula is C13H14N4O4. The Kier molecular flexibility index (Phi) is 4.29. The number of pyridine rings is 1. The van der Waals surface area contributed by atoms with Gasteiger partial charge in [-0.3, -0.25) is 14.9 Å². The molecule has 1 amide bonds. The van der Waals surface area contributed by atoms with Gasteiger partial charge in [-0.25, -0.2) is 4.98 Å². The summed E-state index contributed by atoms with van der Waals surface area (Å²) in [5.41, 5.74) is 5.34. The van der Waals surface area contributed by atoms with Crippen LogP contribution >= 0.6 is 0 Å². The van der Waals surface area contributed by atoms with Gasteiger partial charge >= 0.3 is 0 Å². The first-order valence-corrected chi connectivity index (χ1v) is 6.16. The van der Waals surface area contributed by atoms with Gasteiger partial charge in [-0.1, -0.05) is 0 Å². The van der Waals surface area contributed by atoms with Crippen molar-refractivity contribution in [2.45, 2.75) is 6.04 Å². The van der Waals surface area contributed by atoms with E-state index < -0.39 is 16.9 Å². The SMILES string of the molecule is CNC(COc1ccc([N+](=O)[O-])c2ncccc12)C(N)=O. The first-order chi connectivity index (χ1) is 10.0. The van der Waals surface area contributed by atoms with Crippen molar-refractivity contribution >= 4 is 22.5 Å². The van der Waals surface area contributed by atoms with Gasteiger partial charge < -0.3 is 15.8 Å². The van der Waals surface area contributed by atoms with Crippen LogP contribution in [-0.4, -0.2) is 35.5 Å². The van der Waals surface area contributed by atoms with Crippen molar-refractivity contribution in [2.75, 3.05) is 13.7 Å². The molecule has 0 saturated heterocycles. The van der Waals surface area contributed by atoms with Gasteiger partial charge in [0, 0.05) is 17.6 Å². The van der Waals surface area contributed by atoms with Crippen molar-refractivity contribution in [3.8, 4) is 5.75 Å². The van der Waals surface area contributed by atoms with E-state index in [2.05, 4.69) is 10.3 Å². The molecule has 21 heavy (non-hydrogen) atoms. The van der Waals surface area contributed by atoms with Crippen LogP contribution in [0.5, 0.6) is 5.75 Å². The number of fused-ring (bicyclic) bond motifs is 1. The van der Waals surface area contributed by atoms with Crippen molar-refractivity contribution in [2.24, 2.45) is 5.73 Å². The summed E-state index contributed by atoms with van der Waals surface area (Å²) in [7, 11) is 1.59. The van der Waals surface area contributed by atoms with Crippen LogP contribution in [0.25, 0.3) is 10.9 Å². The molecule has 1 aromatic carbocycles. The fourth-order valence-corrected chi connectivity index (χ4v) is 1.89. The van der Waals surface area contributed by atoms with E-state index in [0.717, 1.165) is 0 Å². The first-order valence-electron chi connectivity index (χ1n) is 6.16. The maximum atomic E-state index is 11.1. The van der Waals surface area contributed by atoms with Crippen LogP contribution in [-0.2, 0) is 4.79 Å². The van der Waals surface area contributed by atoms with Gasteiger partial charge in [-0.05, 0) is 25.2 Å². The predicted octanol–water partition coefficient (Wildman–Crippen LogP) is 0.595. The minimum absolute atomic E-state index is 0.0215. The van der Waals surface area contributed by atoms with Gasteiger partial charge in [0.25, 0.3) is 5.69 Å². The Morgan fingerprint density at radius 3 is 2.90 bits per heavy atom. The lowest BCUT2D eigenvalue weighted by Gasteiger charge is -2.14. The number of nitrogens with one attached hydrogen (secondary N) is 1. The normalized spacial score (nSPS) is 12.0. The molecule has 1 atom stereocenters. The number of aromatic nitrogens is 1. The molecule has 2 rings (SSSR count). The van der Waals surface area contributed by atoms with E-state index in [1.165, 1.54) is 18.3 Å². The number of nitro benzene ring substituents is 1. The van der Waals surface area contributed by atoms with Crippen LogP contribution in [0.1, 0.15) is 0 Å². The summed E-state index contributed by atoms with van der Waals surface area (Å²) in [5, 5.41) is 14.2. The summed E-state index contributed by atoms with van der Waals surface area (Å²) in [6.07, 6.45) is 1.47. The van der Waals surface area contributed by atoms with Gasteiger partial charge in [0.1, 0.15) is 18.4 Å². The molecule has 0 fully saturated rings. The number of benzene rings is 1. The van der Waals surface area contributed by atoms with E-state index in [0.29, 0.717) is 11.1 Å². The third kappa shape index (κ3) is 3.06. The van der Waals surface area contributed by atoms with Crippen molar-refractivity contribution < 1.29 is 14.5 Å². The van der Waals surface area contributed by atoms with Gasteiger partial charge in [0.15, 0.2) is 5.52 Å². The summed E-state index contributed by atoms with van der Waals surface area (Å²) >= 11 is 0. The van der Waals surface area contributed by atoms with Crippen LogP contribution < -0.4 is 15.8 Å². The molecule has 3 N–H and O–H groups in total. The maximum Gasteiger partial charge on any atom is 0.295 e. The quantitative estimate of drug-likeness (QED) is 0.593. The molecule has 0 aliphatic heterocycles. The zero-order valence-corrected chi connectivity index (χ0v) is 11.3. The number of amides is 1. The van der Waals surface area contributed by atoms with Crippen LogP contribution in [0.15, 0.2) is 30.5 Å². The van der Waals surface area contributed by atoms with E-state index in [1.807, 2.05) is 0 Å². The van der Waals surface area contributed by atoms with Crippen LogP contribution in [0.4, 0.5) is 5.69 Å². The number of rotatable bonds is 6. The second-order valence-electron chi connectivity index (χ2n) is 4.29. The minimum atomic E-state index is -0.646. The molecular weight excluding hydrogens is 276 g/mol. The van der Waals surface area contributed by atoms with Gasteiger partial charge in [-0.2, -0.15) is 0 Å². The highest BCUT2D eigenvalue weighted by molar-refractivity contribution is 5.92. The Hall–Kier alpha value is -2.74. The minimum Gasteiger partial charge on any atom is -0.491 e. The number of hydrogen-bond donors (Lipinski definition) is 2. The van der Waals surface area contributed by atoms with Crippen LogP contribution in [0, 0.1) is 10.1 Å². The van der Waals surface area contributed by atoms with Crippen molar-refractivity contribution in [1.29, 1.82) is 0 Å². The smallest absolute Gasteiger partial charge is 0.295 e. The summed E-state index contributed by atoms with van der Waals surface area (Å²) < 4.78 is 5.54. The first kappa shape index (κ1) is 14.7. The van der Waals surface area contributed by atoms with E-state index in [4.69, 9.17) is 10.5 Å².